The fourth-order valence-electron chi connectivity index (χ4n) is 2.62. The van der Waals surface area contributed by atoms with E-state index in [4.69, 9.17) is 0 Å². The zero-order valence-corrected chi connectivity index (χ0v) is 13.4. The predicted molar refractivity (Wildman–Crippen MR) is 81.1 cm³/mol. The molecular formula is C15H18FNO5S. The summed E-state index contributed by atoms with van der Waals surface area (Å²) >= 11 is 0. The van der Waals surface area contributed by atoms with Gasteiger partial charge in [-0.15, -0.1) is 0 Å². The van der Waals surface area contributed by atoms with E-state index in [9.17, 15) is 27.5 Å². The van der Waals surface area contributed by atoms with Crippen LogP contribution in [0.1, 0.15) is 36.4 Å². The lowest BCUT2D eigenvalue weighted by Gasteiger charge is -2.23. The maximum Gasteiger partial charge on any atom is 0.330 e. The van der Waals surface area contributed by atoms with Crippen molar-refractivity contribution in [1.82, 2.24) is 5.32 Å². The van der Waals surface area contributed by atoms with Gasteiger partial charge >= 0.3 is 5.97 Å². The minimum Gasteiger partial charge on any atom is -0.479 e. The van der Waals surface area contributed by atoms with Gasteiger partial charge in [0.25, 0.3) is 0 Å². The Kier molecular flexibility index (Phi) is 5.03. The Bertz CT molecular complexity index is 731. The van der Waals surface area contributed by atoms with E-state index >= 15 is 0 Å². The molecule has 1 aliphatic rings. The summed E-state index contributed by atoms with van der Waals surface area (Å²) in [6, 6.07) is 2.28. The van der Waals surface area contributed by atoms with Gasteiger partial charge in [0.1, 0.15) is 11.1 Å². The van der Waals surface area contributed by atoms with E-state index in [2.05, 4.69) is 5.32 Å². The second-order valence-corrected chi connectivity index (χ2v) is 7.94. The van der Waals surface area contributed by atoms with Gasteiger partial charge in [0, 0.05) is 0 Å². The second kappa shape index (κ2) is 6.66. The summed E-state index contributed by atoms with van der Waals surface area (Å²) in [5.41, 5.74) is 0.436. The van der Waals surface area contributed by atoms with Crippen molar-refractivity contribution in [3.8, 4) is 0 Å². The molecule has 1 heterocycles. The van der Waals surface area contributed by atoms with Gasteiger partial charge in [0.2, 0.25) is 5.91 Å². The number of benzene rings is 1. The number of carbonyl (C=O) groups is 2. The molecule has 0 saturated carbocycles. The van der Waals surface area contributed by atoms with Crippen LogP contribution < -0.4 is 5.32 Å². The van der Waals surface area contributed by atoms with Crippen LogP contribution in [-0.2, 0) is 19.4 Å². The van der Waals surface area contributed by atoms with Crippen LogP contribution in [0.15, 0.2) is 18.2 Å². The van der Waals surface area contributed by atoms with Crippen molar-refractivity contribution >= 4 is 21.7 Å². The zero-order chi connectivity index (χ0) is 17.2. The van der Waals surface area contributed by atoms with E-state index in [1.807, 2.05) is 0 Å². The standard InChI is InChI=1S/C15H18FNO5S/c1-9-8-10(5-6-11(9)16)13(15(19)20)17-14(18)12-4-2-3-7-23(12,21)22/h5-6,8,12-13H,2-4,7H2,1H3,(H,17,18)(H,19,20). The van der Waals surface area contributed by atoms with Gasteiger partial charge in [0.05, 0.1) is 5.75 Å². The molecule has 23 heavy (non-hydrogen) atoms. The van der Waals surface area contributed by atoms with E-state index in [0.717, 1.165) is 6.07 Å². The number of carboxylic acid groups (broad SMARTS) is 1. The topological polar surface area (TPSA) is 101 Å². The number of amides is 1. The minimum atomic E-state index is -3.56. The van der Waals surface area contributed by atoms with Crippen molar-refractivity contribution in [2.24, 2.45) is 0 Å². The van der Waals surface area contributed by atoms with Crippen molar-refractivity contribution < 1.29 is 27.5 Å². The molecule has 8 heteroatoms. The van der Waals surface area contributed by atoms with Crippen LogP contribution in [0.3, 0.4) is 0 Å². The highest BCUT2D eigenvalue weighted by molar-refractivity contribution is 7.92. The normalized spacial score (nSPS) is 21.4. The van der Waals surface area contributed by atoms with Gasteiger partial charge in [-0.25, -0.2) is 17.6 Å². The zero-order valence-electron chi connectivity index (χ0n) is 12.6. The van der Waals surface area contributed by atoms with E-state index in [0.29, 0.717) is 12.8 Å². The molecule has 0 aliphatic carbocycles. The third-order valence-electron chi connectivity index (χ3n) is 3.92. The smallest absolute Gasteiger partial charge is 0.330 e. The summed E-state index contributed by atoms with van der Waals surface area (Å²) in [6.07, 6.45) is 1.29. The first kappa shape index (κ1) is 17.4. The molecular weight excluding hydrogens is 325 g/mol. The Morgan fingerprint density at radius 1 is 1.35 bits per heavy atom. The largest absolute Gasteiger partial charge is 0.479 e. The number of carboxylic acids is 1. The van der Waals surface area contributed by atoms with Crippen molar-refractivity contribution in [1.29, 1.82) is 0 Å². The molecule has 1 aromatic rings. The lowest BCUT2D eigenvalue weighted by atomic mass is 10.0. The Morgan fingerprint density at radius 2 is 2.04 bits per heavy atom. The maximum atomic E-state index is 13.3. The number of nitrogens with one attached hydrogen (secondary N) is 1. The maximum absolute atomic E-state index is 13.3. The van der Waals surface area contributed by atoms with Crippen LogP contribution in [0.5, 0.6) is 0 Å². The Hall–Kier alpha value is -1.96. The van der Waals surface area contributed by atoms with Crippen LogP contribution in [0.4, 0.5) is 4.39 Å². The number of rotatable bonds is 4. The molecule has 0 radical (unpaired) electrons. The van der Waals surface area contributed by atoms with Crippen molar-refractivity contribution in [3.63, 3.8) is 0 Å². The van der Waals surface area contributed by atoms with Crippen molar-refractivity contribution in [2.75, 3.05) is 5.75 Å². The van der Waals surface area contributed by atoms with Gasteiger partial charge in [-0.3, -0.25) is 4.79 Å². The van der Waals surface area contributed by atoms with Crippen LogP contribution in [-0.4, -0.2) is 36.4 Å². The molecule has 1 saturated heterocycles. The first-order chi connectivity index (χ1) is 10.7. The SMILES string of the molecule is Cc1cc(C(NC(=O)C2CCCCS2(=O)=O)C(=O)O)ccc1F. The van der Waals surface area contributed by atoms with E-state index in [-0.39, 0.29) is 23.3 Å². The minimum absolute atomic E-state index is 0.0710. The van der Waals surface area contributed by atoms with Crippen LogP contribution in [0, 0.1) is 12.7 Å². The third kappa shape index (κ3) is 3.87. The summed E-state index contributed by atoms with van der Waals surface area (Å²) < 4.78 is 37.2. The average molecular weight is 343 g/mol. The molecule has 126 valence electrons. The number of aryl methyl sites for hydroxylation is 1. The molecule has 0 bridgehead atoms. The van der Waals surface area contributed by atoms with Crippen molar-refractivity contribution in [3.05, 3.63) is 35.1 Å². The molecule has 0 aromatic heterocycles. The highest BCUT2D eigenvalue weighted by Gasteiger charge is 2.36. The average Bonchev–Trinajstić information content (AvgIpc) is 2.46. The van der Waals surface area contributed by atoms with Gasteiger partial charge in [-0.05, 0) is 37.0 Å². The van der Waals surface area contributed by atoms with Gasteiger partial charge in [-0.2, -0.15) is 0 Å². The number of sulfone groups is 1. The first-order valence-corrected chi connectivity index (χ1v) is 8.94. The summed E-state index contributed by atoms with van der Waals surface area (Å²) in [5, 5.41) is 10.3. The number of hydrogen-bond acceptors (Lipinski definition) is 4. The molecule has 1 amide bonds. The summed E-state index contributed by atoms with van der Waals surface area (Å²) in [7, 11) is -3.56. The number of halogens is 1. The molecule has 2 N–H and O–H groups in total. The molecule has 2 unspecified atom stereocenters. The fraction of sp³-hybridized carbons (Fsp3) is 0.467. The highest BCUT2D eigenvalue weighted by Crippen LogP contribution is 2.22. The van der Waals surface area contributed by atoms with Crippen LogP contribution in [0.2, 0.25) is 0 Å². The van der Waals surface area contributed by atoms with Gasteiger partial charge < -0.3 is 10.4 Å². The Labute approximate surface area is 133 Å². The monoisotopic (exact) mass is 343 g/mol. The van der Waals surface area contributed by atoms with Crippen molar-refractivity contribution in [2.45, 2.75) is 37.5 Å². The molecule has 1 aromatic carbocycles. The van der Waals surface area contributed by atoms with E-state index in [1.54, 1.807) is 0 Å². The quantitative estimate of drug-likeness (QED) is 0.859. The fourth-order valence-corrected chi connectivity index (χ4v) is 4.43. The lowest BCUT2D eigenvalue weighted by Crippen LogP contribution is -2.45. The van der Waals surface area contributed by atoms with Crippen LogP contribution in [0.25, 0.3) is 0 Å². The lowest BCUT2D eigenvalue weighted by molar-refractivity contribution is -0.142. The Balaban J connectivity index is 2.24. The van der Waals surface area contributed by atoms with E-state index in [1.165, 1.54) is 19.1 Å². The number of aliphatic carboxylic acids is 1. The highest BCUT2D eigenvalue weighted by atomic mass is 32.2. The molecule has 2 rings (SSSR count). The predicted octanol–water partition coefficient (Wildman–Crippen LogP) is 1.34. The summed E-state index contributed by atoms with van der Waals surface area (Å²) in [5.74, 6) is -2.71. The molecule has 6 nitrogen and oxygen atoms in total. The van der Waals surface area contributed by atoms with Crippen LogP contribution >= 0.6 is 0 Å². The molecule has 1 aliphatic heterocycles. The van der Waals surface area contributed by atoms with Gasteiger partial charge in [-0.1, -0.05) is 18.6 Å². The first-order valence-electron chi connectivity index (χ1n) is 7.23. The Morgan fingerprint density at radius 3 is 2.61 bits per heavy atom. The molecule has 0 spiro atoms. The second-order valence-electron chi connectivity index (χ2n) is 5.64. The molecule has 1 fully saturated rings. The third-order valence-corrected chi connectivity index (χ3v) is 6.09. The van der Waals surface area contributed by atoms with E-state index < -0.39 is 38.8 Å². The summed E-state index contributed by atoms with van der Waals surface area (Å²) in [6.45, 7) is 1.48. The number of hydrogen-bond donors (Lipinski definition) is 2. The molecule has 2 atom stereocenters. The number of carbonyl (C=O) groups excluding carboxylic acids is 1. The summed E-state index contributed by atoms with van der Waals surface area (Å²) in [4.78, 5) is 23.6. The van der Waals surface area contributed by atoms with Gasteiger partial charge in [0.15, 0.2) is 15.9 Å².